The van der Waals surface area contributed by atoms with Crippen molar-refractivity contribution in [2.24, 2.45) is 0 Å². The molecular formula is C20H19N3O8S. The summed E-state index contributed by atoms with van der Waals surface area (Å²) in [5, 5.41) is 2.44. The Hall–Kier alpha value is -3.93. The first-order valence-electron chi connectivity index (χ1n) is 9.18. The van der Waals surface area contributed by atoms with Crippen molar-refractivity contribution < 1.29 is 38.2 Å². The first kappa shape index (κ1) is 22.7. The summed E-state index contributed by atoms with van der Waals surface area (Å²) >= 11 is 0.821. The van der Waals surface area contributed by atoms with Gasteiger partial charge in [0.1, 0.15) is 22.0 Å². The summed E-state index contributed by atoms with van der Waals surface area (Å²) in [5.74, 6) is -2.64. The van der Waals surface area contributed by atoms with Crippen molar-refractivity contribution in [3.05, 3.63) is 51.4 Å². The van der Waals surface area contributed by atoms with Gasteiger partial charge in [-0.25, -0.2) is 19.2 Å². The van der Waals surface area contributed by atoms with Crippen LogP contribution >= 0.6 is 11.3 Å². The highest BCUT2D eigenvalue weighted by molar-refractivity contribution is 7.18. The molecule has 3 amide bonds. The molecule has 1 aliphatic rings. The average molecular weight is 461 g/mol. The largest absolute Gasteiger partial charge is 0.465 e. The van der Waals surface area contributed by atoms with Crippen LogP contribution in [0.2, 0.25) is 0 Å². The van der Waals surface area contributed by atoms with Gasteiger partial charge in [0.25, 0.3) is 0 Å². The van der Waals surface area contributed by atoms with E-state index in [-0.39, 0.29) is 45.6 Å². The maximum absolute atomic E-state index is 12.6. The summed E-state index contributed by atoms with van der Waals surface area (Å²) < 4.78 is 14.7. The van der Waals surface area contributed by atoms with Crippen LogP contribution in [-0.4, -0.2) is 55.5 Å². The van der Waals surface area contributed by atoms with E-state index in [2.05, 4.69) is 5.32 Å². The zero-order valence-corrected chi connectivity index (χ0v) is 17.9. The van der Waals surface area contributed by atoms with Gasteiger partial charge in [-0.2, -0.15) is 0 Å². The minimum absolute atomic E-state index is 0.00811. The number of hydrogen-bond donors (Lipinski definition) is 2. The minimum Gasteiger partial charge on any atom is -0.465 e. The Kier molecular flexibility index (Phi) is 6.73. The number of anilines is 1. The quantitative estimate of drug-likeness (QED) is 0.353. The SMILES string of the molecule is COC(=O)c1sc(N)c(C(=O)OC)c1COC(=O)c1cccc(CN2C(=O)CNC2=O)c1. The molecule has 3 N–H and O–H groups in total. The number of ether oxygens (including phenoxy) is 3. The number of hydrogen-bond acceptors (Lipinski definition) is 10. The molecule has 11 nitrogen and oxygen atoms in total. The fourth-order valence-electron chi connectivity index (χ4n) is 3.02. The van der Waals surface area contributed by atoms with Gasteiger partial charge in [0.2, 0.25) is 5.91 Å². The molecule has 0 saturated carbocycles. The molecule has 12 heteroatoms. The molecule has 1 fully saturated rings. The Morgan fingerprint density at radius 3 is 2.47 bits per heavy atom. The van der Waals surface area contributed by atoms with E-state index in [9.17, 15) is 24.0 Å². The van der Waals surface area contributed by atoms with Crippen molar-refractivity contribution in [2.75, 3.05) is 26.5 Å². The van der Waals surface area contributed by atoms with E-state index in [1.54, 1.807) is 12.1 Å². The van der Waals surface area contributed by atoms with Gasteiger partial charge in [-0.05, 0) is 17.7 Å². The molecule has 3 rings (SSSR count). The second-order valence-corrected chi connectivity index (χ2v) is 7.60. The second-order valence-electron chi connectivity index (χ2n) is 6.55. The molecule has 0 radical (unpaired) electrons. The van der Waals surface area contributed by atoms with Crippen molar-refractivity contribution >= 4 is 46.2 Å². The number of benzene rings is 1. The molecule has 0 bridgehead atoms. The highest BCUT2D eigenvalue weighted by Crippen LogP contribution is 2.33. The van der Waals surface area contributed by atoms with Crippen LogP contribution in [0.3, 0.4) is 0 Å². The Morgan fingerprint density at radius 2 is 1.84 bits per heavy atom. The molecule has 1 aliphatic heterocycles. The van der Waals surface area contributed by atoms with Crippen LogP contribution in [0.5, 0.6) is 0 Å². The Morgan fingerprint density at radius 1 is 1.12 bits per heavy atom. The predicted molar refractivity (Wildman–Crippen MR) is 111 cm³/mol. The van der Waals surface area contributed by atoms with Gasteiger partial charge in [0, 0.05) is 5.56 Å². The fraction of sp³-hybridized carbons (Fsp3) is 0.250. The van der Waals surface area contributed by atoms with Gasteiger partial charge in [0.15, 0.2) is 0 Å². The second kappa shape index (κ2) is 9.47. The molecule has 0 unspecified atom stereocenters. The molecule has 0 atom stereocenters. The Balaban J connectivity index is 1.79. The van der Waals surface area contributed by atoms with Crippen molar-refractivity contribution in [2.45, 2.75) is 13.2 Å². The lowest BCUT2D eigenvalue weighted by Gasteiger charge is -2.13. The predicted octanol–water partition coefficient (Wildman–Crippen LogP) is 1.31. The highest BCUT2D eigenvalue weighted by atomic mass is 32.1. The van der Waals surface area contributed by atoms with E-state index in [1.165, 1.54) is 19.2 Å². The van der Waals surface area contributed by atoms with Crippen LogP contribution in [0.15, 0.2) is 24.3 Å². The van der Waals surface area contributed by atoms with Crippen LogP contribution in [0.1, 0.15) is 41.5 Å². The number of nitrogens with one attached hydrogen (secondary N) is 1. The maximum atomic E-state index is 12.6. The molecule has 2 aromatic rings. The van der Waals surface area contributed by atoms with E-state index in [4.69, 9.17) is 19.9 Å². The van der Waals surface area contributed by atoms with Gasteiger partial charge < -0.3 is 25.3 Å². The lowest BCUT2D eigenvalue weighted by Crippen LogP contribution is -2.30. The number of nitrogens with zero attached hydrogens (tertiary/aromatic N) is 1. The number of amides is 3. The summed E-state index contributed by atoms with van der Waals surface area (Å²) in [7, 11) is 2.33. The van der Waals surface area contributed by atoms with Gasteiger partial charge in [-0.1, -0.05) is 12.1 Å². The van der Waals surface area contributed by atoms with Crippen LogP contribution in [-0.2, 0) is 32.2 Å². The third-order valence-electron chi connectivity index (χ3n) is 4.58. The Bertz CT molecular complexity index is 1090. The van der Waals surface area contributed by atoms with E-state index in [1.807, 2.05) is 0 Å². The fourth-order valence-corrected chi connectivity index (χ4v) is 4.00. The molecule has 0 aliphatic carbocycles. The van der Waals surface area contributed by atoms with Crippen molar-refractivity contribution in [1.82, 2.24) is 10.2 Å². The van der Waals surface area contributed by atoms with Crippen LogP contribution in [0, 0.1) is 0 Å². The van der Waals surface area contributed by atoms with E-state index < -0.39 is 30.5 Å². The van der Waals surface area contributed by atoms with Gasteiger partial charge in [-0.3, -0.25) is 9.69 Å². The number of thiophene rings is 1. The van der Waals surface area contributed by atoms with Crippen molar-refractivity contribution in [3.63, 3.8) is 0 Å². The first-order valence-corrected chi connectivity index (χ1v) is 10.0. The topological polar surface area (TPSA) is 154 Å². The zero-order chi connectivity index (χ0) is 23.4. The van der Waals surface area contributed by atoms with Crippen molar-refractivity contribution in [1.29, 1.82) is 0 Å². The molecule has 2 heterocycles. The number of carbonyl (C=O) groups excluding carboxylic acids is 5. The number of esters is 3. The van der Waals surface area contributed by atoms with Crippen molar-refractivity contribution in [3.8, 4) is 0 Å². The van der Waals surface area contributed by atoms with Gasteiger partial charge in [0.05, 0.1) is 32.9 Å². The van der Waals surface area contributed by atoms with E-state index in [0.29, 0.717) is 5.56 Å². The van der Waals surface area contributed by atoms with Crippen LogP contribution in [0.4, 0.5) is 9.80 Å². The minimum atomic E-state index is -0.782. The molecular weight excluding hydrogens is 442 g/mol. The monoisotopic (exact) mass is 461 g/mol. The number of rotatable bonds is 7. The summed E-state index contributed by atoms with van der Waals surface area (Å²) in [5.41, 5.74) is 6.55. The molecule has 1 aromatic heterocycles. The summed E-state index contributed by atoms with van der Waals surface area (Å²) in [6.07, 6.45) is 0. The van der Waals surface area contributed by atoms with Gasteiger partial charge in [-0.15, -0.1) is 11.3 Å². The standard InChI is InChI=1S/C20H19N3O8S/c1-29-18(26)14-12(15(19(27)30-2)32-16(14)21)9-31-17(25)11-5-3-4-10(6-11)8-23-13(24)7-22-20(23)28/h3-6H,7-9,21H2,1-2H3,(H,22,28). The van der Waals surface area contributed by atoms with E-state index >= 15 is 0 Å². The first-order chi connectivity index (χ1) is 15.3. The zero-order valence-electron chi connectivity index (χ0n) is 17.1. The smallest absolute Gasteiger partial charge is 0.348 e. The molecule has 168 valence electrons. The third kappa shape index (κ3) is 4.54. The molecule has 1 saturated heterocycles. The average Bonchev–Trinajstić information content (AvgIpc) is 3.29. The number of urea groups is 1. The van der Waals surface area contributed by atoms with Crippen LogP contribution < -0.4 is 11.1 Å². The third-order valence-corrected chi connectivity index (χ3v) is 5.62. The van der Waals surface area contributed by atoms with Gasteiger partial charge >= 0.3 is 23.9 Å². The molecule has 1 aromatic carbocycles. The number of nitrogen functional groups attached to an aromatic ring is 1. The van der Waals surface area contributed by atoms with E-state index in [0.717, 1.165) is 23.3 Å². The molecule has 0 spiro atoms. The number of methoxy groups -OCH3 is 2. The lowest BCUT2D eigenvalue weighted by atomic mass is 10.1. The Labute approximate surface area is 186 Å². The number of carbonyl (C=O) groups is 5. The number of nitrogens with two attached hydrogens (primary N) is 1. The summed E-state index contributed by atoms with van der Waals surface area (Å²) in [4.78, 5) is 61.3. The maximum Gasteiger partial charge on any atom is 0.348 e. The summed E-state index contributed by atoms with van der Waals surface area (Å²) in [6.45, 7) is -0.514. The lowest BCUT2D eigenvalue weighted by molar-refractivity contribution is -0.125. The highest BCUT2D eigenvalue weighted by Gasteiger charge is 2.29. The normalized spacial score (nSPS) is 13.0. The molecule has 32 heavy (non-hydrogen) atoms. The van der Waals surface area contributed by atoms with Crippen LogP contribution in [0.25, 0.3) is 0 Å². The summed E-state index contributed by atoms with van der Waals surface area (Å²) in [6, 6.07) is 5.68. The number of imide groups is 1.